The summed E-state index contributed by atoms with van der Waals surface area (Å²) in [6, 6.07) is 7.42. The third kappa shape index (κ3) is 2.50. The molecular weight excluding hydrogens is 346 g/mol. The molecule has 0 unspecified atom stereocenters. The van der Waals surface area contributed by atoms with Crippen molar-refractivity contribution in [2.45, 2.75) is 25.5 Å². The fourth-order valence-electron chi connectivity index (χ4n) is 3.92. The van der Waals surface area contributed by atoms with Crippen LogP contribution >= 0.6 is 0 Å². The number of nitrogens with zero attached hydrogens (tertiary/aromatic N) is 3. The number of aromatic nitrogens is 3. The van der Waals surface area contributed by atoms with Crippen LogP contribution in [0.4, 0.5) is 0 Å². The molecule has 7 nitrogen and oxygen atoms in total. The van der Waals surface area contributed by atoms with E-state index in [4.69, 9.17) is 9.15 Å². The van der Waals surface area contributed by atoms with Gasteiger partial charge >= 0.3 is 0 Å². The minimum atomic E-state index is -0.564. The quantitative estimate of drug-likeness (QED) is 0.567. The summed E-state index contributed by atoms with van der Waals surface area (Å²) >= 11 is 0. The molecule has 1 fully saturated rings. The molecular formula is C20H19N3O4. The largest absolute Gasteiger partial charge is 0.506 e. The van der Waals surface area contributed by atoms with Crippen LogP contribution in [-0.4, -0.2) is 44.3 Å². The van der Waals surface area contributed by atoms with E-state index in [1.807, 2.05) is 35.9 Å². The van der Waals surface area contributed by atoms with Gasteiger partial charge in [-0.3, -0.25) is 0 Å². The monoisotopic (exact) mass is 365 g/mol. The van der Waals surface area contributed by atoms with Crippen LogP contribution in [0.5, 0.6) is 5.75 Å². The van der Waals surface area contributed by atoms with Crippen LogP contribution in [0.15, 0.2) is 41.1 Å². The van der Waals surface area contributed by atoms with Crippen molar-refractivity contribution in [1.29, 1.82) is 0 Å². The van der Waals surface area contributed by atoms with Crippen molar-refractivity contribution >= 4 is 22.0 Å². The van der Waals surface area contributed by atoms with E-state index in [1.54, 1.807) is 12.3 Å². The second kappa shape index (κ2) is 6.07. The van der Waals surface area contributed by atoms with Gasteiger partial charge in [0.25, 0.3) is 0 Å². The van der Waals surface area contributed by atoms with Gasteiger partial charge in [0, 0.05) is 23.8 Å². The number of aliphatic hydroxyl groups excluding tert-OH is 1. The summed E-state index contributed by atoms with van der Waals surface area (Å²) in [7, 11) is 0. The summed E-state index contributed by atoms with van der Waals surface area (Å²) in [6.45, 7) is 2.85. The number of rotatable bonds is 2. The molecule has 0 saturated carbocycles. The number of phenolic OH excluding ortho intramolecular Hbond substituents is 1. The number of fused-ring (bicyclic) bond motifs is 2. The normalized spacial score (nSPS) is 20.5. The van der Waals surface area contributed by atoms with Crippen LogP contribution in [0.1, 0.15) is 18.0 Å². The van der Waals surface area contributed by atoms with E-state index in [-0.39, 0.29) is 11.8 Å². The van der Waals surface area contributed by atoms with Gasteiger partial charge in [0.05, 0.1) is 36.1 Å². The number of furan rings is 1. The molecule has 1 aliphatic heterocycles. The summed E-state index contributed by atoms with van der Waals surface area (Å²) in [6.07, 6.45) is 3.65. The molecule has 1 aromatic carbocycles. The zero-order valence-corrected chi connectivity index (χ0v) is 14.8. The number of benzene rings is 1. The molecule has 0 radical (unpaired) electrons. The lowest BCUT2D eigenvalue weighted by atomic mass is 10.0. The van der Waals surface area contributed by atoms with Crippen LogP contribution in [-0.2, 0) is 4.74 Å². The maximum Gasteiger partial charge on any atom is 0.162 e. The Morgan fingerprint density at radius 1 is 1.22 bits per heavy atom. The van der Waals surface area contributed by atoms with Crippen LogP contribution in [0.25, 0.3) is 33.3 Å². The first-order valence-electron chi connectivity index (χ1n) is 8.93. The number of hydrogen-bond acceptors (Lipinski definition) is 6. The molecule has 2 atom stereocenters. The Hall–Kier alpha value is -2.90. The van der Waals surface area contributed by atoms with Crippen molar-refractivity contribution in [2.24, 2.45) is 0 Å². The number of aryl methyl sites for hydroxylation is 1. The Kier molecular flexibility index (Phi) is 3.66. The smallest absolute Gasteiger partial charge is 0.162 e. The number of hydrogen-bond donors (Lipinski definition) is 2. The summed E-state index contributed by atoms with van der Waals surface area (Å²) in [5.41, 5.74) is 3.47. The van der Waals surface area contributed by atoms with Gasteiger partial charge in [0.1, 0.15) is 11.3 Å². The molecule has 1 aliphatic rings. The highest BCUT2D eigenvalue weighted by atomic mass is 16.5. The minimum absolute atomic E-state index is 0.0752. The van der Waals surface area contributed by atoms with Gasteiger partial charge in [-0.05, 0) is 43.2 Å². The van der Waals surface area contributed by atoms with Crippen molar-refractivity contribution in [3.63, 3.8) is 0 Å². The van der Waals surface area contributed by atoms with Crippen LogP contribution in [0, 0.1) is 6.92 Å². The standard InChI is InChI=1S/C20H19N3O4/c1-11-8-17-13(3-7-27-17)19(25)18(11)14-9-12-2-5-23(20(12)22-21-14)15-4-6-26-10-16(15)24/h2-3,5,7-9,15-16,24-25H,4,6,10H2,1H3/t15-,16-/m1/s1. The lowest BCUT2D eigenvalue weighted by Gasteiger charge is -2.29. The van der Waals surface area contributed by atoms with Gasteiger partial charge in [-0.1, -0.05) is 0 Å². The van der Waals surface area contributed by atoms with Gasteiger partial charge in [0.2, 0.25) is 0 Å². The van der Waals surface area contributed by atoms with E-state index in [0.29, 0.717) is 41.1 Å². The van der Waals surface area contributed by atoms with Gasteiger partial charge < -0.3 is 23.9 Å². The molecule has 27 heavy (non-hydrogen) atoms. The van der Waals surface area contributed by atoms with E-state index in [1.165, 1.54) is 0 Å². The summed E-state index contributed by atoms with van der Waals surface area (Å²) < 4.78 is 12.7. The Morgan fingerprint density at radius 3 is 2.96 bits per heavy atom. The Balaban J connectivity index is 1.62. The second-order valence-electron chi connectivity index (χ2n) is 6.98. The molecule has 0 aliphatic carbocycles. The first-order chi connectivity index (χ1) is 13.1. The molecule has 0 spiro atoms. The zero-order valence-electron chi connectivity index (χ0n) is 14.8. The van der Waals surface area contributed by atoms with Gasteiger partial charge in [-0.2, -0.15) is 0 Å². The van der Waals surface area contributed by atoms with E-state index in [2.05, 4.69) is 10.2 Å². The van der Waals surface area contributed by atoms with E-state index in [9.17, 15) is 10.2 Å². The molecule has 0 bridgehead atoms. The van der Waals surface area contributed by atoms with Gasteiger partial charge in [-0.25, -0.2) is 0 Å². The number of ether oxygens (including phenoxy) is 1. The van der Waals surface area contributed by atoms with Crippen LogP contribution < -0.4 is 0 Å². The maximum absolute atomic E-state index is 10.7. The Morgan fingerprint density at radius 2 is 2.11 bits per heavy atom. The topological polar surface area (TPSA) is 93.5 Å². The van der Waals surface area contributed by atoms with Crippen molar-refractivity contribution < 1.29 is 19.4 Å². The maximum atomic E-state index is 10.7. The molecule has 0 amide bonds. The lowest BCUT2D eigenvalue weighted by Crippen LogP contribution is -2.34. The van der Waals surface area contributed by atoms with E-state index < -0.39 is 6.10 Å². The molecule has 7 heteroatoms. The lowest BCUT2D eigenvalue weighted by molar-refractivity contribution is -0.0375. The number of phenols is 1. The SMILES string of the molecule is Cc1cc2occc2c(O)c1-c1cc2ccn([C@@H]3CCOC[C@H]3O)c2nn1. The molecule has 1 saturated heterocycles. The molecule has 5 rings (SSSR count). The highest BCUT2D eigenvalue weighted by molar-refractivity contribution is 5.94. The molecule has 138 valence electrons. The molecule has 3 aromatic heterocycles. The van der Waals surface area contributed by atoms with E-state index >= 15 is 0 Å². The average Bonchev–Trinajstić information content (AvgIpc) is 3.29. The van der Waals surface area contributed by atoms with Crippen molar-refractivity contribution in [1.82, 2.24) is 14.8 Å². The summed E-state index contributed by atoms with van der Waals surface area (Å²) in [5, 5.41) is 31.3. The van der Waals surface area contributed by atoms with Crippen molar-refractivity contribution in [3.8, 4) is 17.0 Å². The van der Waals surface area contributed by atoms with Crippen LogP contribution in [0.3, 0.4) is 0 Å². The minimum Gasteiger partial charge on any atom is -0.506 e. The molecule has 4 aromatic rings. The first-order valence-corrected chi connectivity index (χ1v) is 8.93. The number of aliphatic hydroxyl groups is 1. The highest BCUT2D eigenvalue weighted by Crippen LogP contribution is 2.39. The van der Waals surface area contributed by atoms with Gasteiger partial charge in [0.15, 0.2) is 5.65 Å². The summed E-state index contributed by atoms with van der Waals surface area (Å²) in [5.74, 6) is 0.145. The van der Waals surface area contributed by atoms with E-state index in [0.717, 1.165) is 17.4 Å². The molecule has 2 N–H and O–H groups in total. The number of aromatic hydroxyl groups is 1. The van der Waals surface area contributed by atoms with Crippen molar-refractivity contribution in [3.05, 3.63) is 42.3 Å². The Labute approximate surface area is 154 Å². The summed E-state index contributed by atoms with van der Waals surface area (Å²) in [4.78, 5) is 0. The fourth-order valence-corrected chi connectivity index (χ4v) is 3.92. The van der Waals surface area contributed by atoms with Gasteiger partial charge in [-0.15, -0.1) is 10.2 Å². The predicted molar refractivity (Wildman–Crippen MR) is 99.6 cm³/mol. The average molecular weight is 365 g/mol. The highest BCUT2D eigenvalue weighted by Gasteiger charge is 2.27. The van der Waals surface area contributed by atoms with Crippen molar-refractivity contribution in [2.75, 3.05) is 13.2 Å². The molecule has 4 heterocycles. The fraction of sp³-hybridized carbons (Fsp3) is 0.300. The third-order valence-electron chi connectivity index (χ3n) is 5.30. The first kappa shape index (κ1) is 16.3. The van der Waals surface area contributed by atoms with Crippen LogP contribution in [0.2, 0.25) is 0 Å². The second-order valence-corrected chi connectivity index (χ2v) is 6.98. The Bertz CT molecular complexity index is 1150. The third-order valence-corrected chi connectivity index (χ3v) is 5.30. The predicted octanol–water partition coefficient (Wildman–Crippen LogP) is 3.18. The zero-order chi connectivity index (χ0) is 18.5.